The third-order valence-electron chi connectivity index (χ3n) is 4.60. The first kappa shape index (κ1) is 19.8. The van der Waals surface area contributed by atoms with E-state index >= 15 is 0 Å². The molecular weight excluding hydrogens is 371 g/mol. The summed E-state index contributed by atoms with van der Waals surface area (Å²) in [7, 11) is -2.06. The standard InChI is InChI=1S/C16H23ClN2O3S.ClH/c1-22-14-4-5-15(17)16(10-14)23(20,21)19-8-6-13(7-9-19)18-11-12-2-3-12;/h4-5,10,12-13,18H,2-3,6-9,11H2,1H3;1H. The molecule has 8 heteroatoms. The number of methoxy groups -OCH3 is 1. The molecule has 0 radical (unpaired) electrons. The van der Waals surface area contributed by atoms with Gasteiger partial charge >= 0.3 is 0 Å². The molecule has 0 amide bonds. The van der Waals surface area contributed by atoms with Crippen molar-refractivity contribution in [3.05, 3.63) is 23.2 Å². The predicted octanol–water partition coefficient (Wildman–Crippen LogP) is 2.92. The van der Waals surface area contributed by atoms with Crippen molar-refractivity contribution in [2.75, 3.05) is 26.7 Å². The van der Waals surface area contributed by atoms with Crippen molar-refractivity contribution in [1.29, 1.82) is 0 Å². The Labute approximate surface area is 155 Å². The molecule has 136 valence electrons. The summed E-state index contributed by atoms with van der Waals surface area (Å²) in [5, 5.41) is 3.79. The molecule has 1 N–H and O–H groups in total. The van der Waals surface area contributed by atoms with Gasteiger partial charge in [-0.15, -0.1) is 12.4 Å². The average Bonchev–Trinajstić information content (AvgIpc) is 3.38. The van der Waals surface area contributed by atoms with Crippen molar-refractivity contribution >= 4 is 34.0 Å². The first-order valence-electron chi connectivity index (χ1n) is 8.08. The monoisotopic (exact) mass is 394 g/mol. The third-order valence-corrected chi connectivity index (χ3v) is 6.98. The molecule has 1 heterocycles. The summed E-state index contributed by atoms with van der Waals surface area (Å²) in [5.41, 5.74) is 0. The Bertz CT molecular complexity index is 657. The Morgan fingerprint density at radius 2 is 1.92 bits per heavy atom. The molecule has 0 unspecified atom stereocenters. The van der Waals surface area contributed by atoms with Gasteiger partial charge in [0.2, 0.25) is 10.0 Å². The van der Waals surface area contributed by atoms with Crippen LogP contribution in [-0.2, 0) is 10.0 Å². The van der Waals surface area contributed by atoms with Gasteiger partial charge in [-0.1, -0.05) is 11.6 Å². The topological polar surface area (TPSA) is 58.6 Å². The van der Waals surface area contributed by atoms with Crippen molar-refractivity contribution in [2.45, 2.75) is 36.6 Å². The fourth-order valence-electron chi connectivity index (χ4n) is 2.90. The maximum Gasteiger partial charge on any atom is 0.244 e. The maximum atomic E-state index is 12.8. The van der Waals surface area contributed by atoms with Gasteiger partial charge < -0.3 is 10.1 Å². The normalized spacial score (nSPS) is 19.8. The van der Waals surface area contributed by atoms with Crippen molar-refractivity contribution in [3.63, 3.8) is 0 Å². The van der Waals surface area contributed by atoms with Gasteiger partial charge in [0.25, 0.3) is 0 Å². The number of nitrogens with zero attached hydrogens (tertiary/aromatic N) is 1. The maximum absolute atomic E-state index is 12.8. The second-order valence-electron chi connectivity index (χ2n) is 6.33. The van der Waals surface area contributed by atoms with E-state index < -0.39 is 10.0 Å². The lowest BCUT2D eigenvalue weighted by Crippen LogP contribution is -2.45. The molecule has 1 saturated carbocycles. The van der Waals surface area contributed by atoms with Gasteiger partial charge in [-0.05, 0) is 50.3 Å². The number of piperidine rings is 1. The van der Waals surface area contributed by atoms with E-state index in [1.165, 1.54) is 30.3 Å². The smallest absolute Gasteiger partial charge is 0.244 e. The summed E-state index contributed by atoms with van der Waals surface area (Å²) >= 11 is 6.10. The van der Waals surface area contributed by atoms with Crippen molar-refractivity contribution in [3.8, 4) is 5.75 Å². The molecule has 2 aliphatic rings. The van der Waals surface area contributed by atoms with Crippen LogP contribution in [0.15, 0.2) is 23.1 Å². The SMILES string of the molecule is COc1ccc(Cl)c(S(=O)(=O)N2CCC(NCC3CC3)CC2)c1.Cl. The molecular formula is C16H24Cl2N2O3S. The zero-order valence-electron chi connectivity index (χ0n) is 13.7. The number of ether oxygens (including phenoxy) is 1. The van der Waals surface area contributed by atoms with E-state index in [4.69, 9.17) is 16.3 Å². The number of benzene rings is 1. The molecule has 3 rings (SSSR count). The molecule has 1 aromatic rings. The molecule has 1 saturated heterocycles. The van der Waals surface area contributed by atoms with Crippen LogP contribution in [0.5, 0.6) is 5.75 Å². The number of nitrogens with one attached hydrogen (secondary N) is 1. The molecule has 0 atom stereocenters. The summed E-state index contributed by atoms with van der Waals surface area (Å²) in [6.45, 7) is 2.12. The summed E-state index contributed by atoms with van der Waals surface area (Å²) < 4.78 is 32.3. The van der Waals surface area contributed by atoms with Gasteiger partial charge in [0.1, 0.15) is 10.6 Å². The third kappa shape index (κ3) is 4.55. The van der Waals surface area contributed by atoms with E-state index in [-0.39, 0.29) is 22.3 Å². The quantitative estimate of drug-likeness (QED) is 0.805. The lowest BCUT2D eigenvalue weighted by molar-refractivity contribution is 0.288. The van der Waals surface area contributed by atoms with Crippen LogP contribution in [0.25, 0.3) is 0 Å². The highest BCUT2D eigenvalue weighted by molar-refractivity contribution is 7.89. The van der Waals surface area contributed by atoms with Gasteiger partial charge in [0.15, 0.2) is 0 Å². The van der Waals surface area contributed by atoms with E-state index in [0.29, 0.717) is 24.9 Å². The van der Waals surface area contributed by atoms with E-state index in [9.17, 15) is 8.42 Å². The van der Waals surface area contributed by atoms with Gasteiger partial charge in [-0.25, -0.2) is 8.42 Å². The predicted molar refractivity (Wildman–Crippen MR) is 97.8 cm³/mol. The summed E-state index contributed by atoms with van der Waals surface area (Å²) in [4.78, 5) is 0.128. The van der Waals surface area contributed by atoms with E-state index in [2.05, 4.69) is 5.32 Å². The molecule has 5 nitrogen and oxygen atoms in total. The fraction of sp³-hybridized carbons (Fsp3) is 0.625. The highest BCUT2D eigenvalue weighted by Crippen LogP contribution is 2.31. The van der Waals surface area contributed by atoms with Crippen LogP contribution < -0.4 is 10.1 Å². The largest absolute Gasteiger partial charge is 0.497 e. The van der Waals surface area contributed by atoms with Crippen LogP contribution in [-0.4, -0.2) is 45.5 Å². The van der Waals surface area contributed by atoms with Crippen LogP contribution in [0.1, 0.15) is 25.7 Å². The van der Waals surface area contributed by atoms with E-state index in [1.54, 1.807) is 12.1 Å². The number of hydrogen-bond donors (Lipinski definition) is 1. The van der Waals surface area contributed by atoms with E-state index in [1.807, 2.05) is 0 Å². The fourth-order valence-corrected chi connectivity index (χ4v) is 4.86. The van der Waals surface area contributed by atoms with Crippen molar-refractivity contribution in [2.24, 2.45) is 5.92 Å². The van der Waals surface area contributed by atoms with Crippen molar-refractivity contribution in [1.82, 2.24) is 9.62 Å². The number of halogens is 2. The first-order valence-corrected chi connectivity index (χ1v) is 9.89. The molecule has 0 bridgehead atoms. The summed E-state index contributed by atoms with van der Waals surface area (Å²) in [6, 6.07) is 5.14. The lowest BCUT2D eigenvalue weighted by atomic mass is 10.1. The Morgan fingerprint density at radius 1 is 1.25 bits per heavy atom. The first-order chi connectivity index (χ1) is 11.0. The molecule has 0 aromatic heterocycles. The second-order valence-corrected chi connectivity index (χ2v) is 8.64. The highest BCUT2D eigenvalue weighted by Gasteiger charge is 2.31. The number of rotatable bonds is 6. The minimum absolute atomic E-state index is 0. The molecule has 0 spiro atoms. The Kier molecular flexibility index (Phi) is 6.79. The summed E-state index contributed by atoms with van der Waals surface area (Å²) in [5.74, 6) is 1.33. The van der Waals surface area contributed by atoms with Crippen LogP contribution in [0.2, 0.25) is 5.02 Å². The molecule has 2 fully saturated rings. The van der Waals surface area contributed by atoms with Gasteiger partial charge in [-0.2, -0.15) is 4.31 Å². The second kappa shape index (κ2) is 8.23. The van der Waals surface area contributed by atoms with Gasteiger partial charge in [0, 0.05) is 25.2 Å². The lowest BCUT2D eigenvalue weighted by Gasteiger charge is -2.32. The average molecular weight is 395 g/mol. The van der Waals surface area contributed by atoms with Gasteiger partial charge in [-0.3, -0.25) is 0 Å². The van der Waals surface area contributed by atoms with Crippen LogP contribution in [0.4, 0.5) is 0 Å². The Balaban J connectivity index is 0.00000208. The van der Waals surface area contributed by atoms with Crippen LogP contribution >= 0.6 is 24.0 Å². The zero-order chi connectivity index (χ0) is 16.4. The minimum Gasteiger partial charge on any atom is -0.497 e. The zero-order valence-corrected chi connectivity index (χ0v) is 16.1. The van der Waals surface area contributed by atoms with Crippen LogP contribution in [0.3, 0.4) is 0 Å². The molecule has 1 aromatic carbocycles. The molecule has 24 heavy (non-hydrogen) atoms. The minimum atomic E-state index is -3.57. The van der Waals surface area contributed by atoms with Crippen molar-refractivity contribution < 1.29 is 13.2 Å². The van der Waals surface area contributed by atoms with E-state index in [0.717, 1.165) is 25.3 Å². The number of sulfonamides is 1. The molecule has 1 aliphatic carbocycles. The number of hydrogen-bond acceptors (Lipinski definition) is 4. The Hall–Kier alpha value is -0.530. The van der Waals surface area contributed by atoms with Gasteiger partial charge in [0.05, 0.1) is 12.1 Å². The molecule has 1 aliphatic heterocycles. The summed E-state index contributed by atoms with van der Waals surface area (Å²) in [6.07, 6.45) is 4.34. The highest BCUT2D eigenvalue weighted by atomic mass is 35.5. The Morgan fingerprint density at radius 3 is 2.50 bits per heavy atom. The van der Waals surface area contributed by atoms with Crippen LogP contribution in [0, 0.1) is 5.92 Å².